The standard InChI is InChI=1S/C13H8ClF4IN2O3/c1-20-7(13(16,17)18)4-8(22)21(12(20)23)10-6(15)3-5(14)9(19)11(10)24-2/h3-4H,1-2H3. The average Bonchev–Trinajstić information content (AvgIpc) is 2.47. The summed E-state index contributed by atoms with van der Waals surface area (Å²) in [4.78, 5) is 24.3. The van der Waals surface area contributed by atoms with Gasteiger partial charge in [0.1, 0.15) is 11.4 Å². The zero-order valence-electron chi connectivity index (χ0n) is 12.0. The van der Waals surface area contributed by atoms with E-state index in [0.29, 0.717) is 0 Å². The summed E-state index contributed by atoms with van der Waals surface area (Å²) in [5.41, 5.74) is -4.77. The maximum atomic E-state index is 14.3. The highest BCUT2D eigenvalue weighted by Gasteiger charge is 2.35. The molecule has 2 aromatic rings. The quantitative estimate of drug-likeness (QED) is 0.379. The maximum Gasteiger partial charge on any atom is 0.431 e. The molecule has 0 saturated heterocycles. The highest BCUT2D eigenvalue weighted by Crippen LogP contribution is 2.35. The molecule has 11 heteroatoms. The van der Waals surface area contributed by atoms with Crippen LogP contribution < -0.4 is 16.0 Å². The molecule has 5 nitrogen and oxygen atoms in total. The van der Waals surface area contributed by atoms with Gasteiger partial charge in [-0.1, -0.05) is 11.6 Å². The van der Waals surface area contributed by atoms with Crippen molar-refractivity contribution in [2.24, 2.45) is 7.05 Å². The van der Waals surface area contributed by atoms with Gasteiger partial charge >= 0.3 is 11.9 Å². The van der Waals surface area contributed by atoms with Crippen LogP contribution in [0.1, 0.15) is 5.69 Å². The summed E-state index contributed by atoms with van der Waals surface area (Å²) in [5, 5.41) is -0.0366. The van der Waals surface area contributed by atoms with E-state index in [4.69, 9.17) is 16.3 Å². The van der Waals surface area contributed by atoms with E-state index in [1.165, 1.54) is 0 Å². The van der Waals surface area contributed by atoms with Gasteiger partial charge in [-0.2, -0.15) is 13.2 Å². The first-order valence-corrected chi connectivity index (χ1v) is 7.58. The van der Waals surface area contributed by atoms with Crippen LogP contribution in [-0.4, -0.2) is 16.2 Å². The van der Waals surface area contributed by atoms with E-state index < -0.39 is 34.6 Å². The monoisotopic (exact) mass is 478 g/mol. The minimum Gasteiger partial charge on any atom is -0.493 e. The van der Waals surface area contributed by atoms with Crippen molar-refractivity contribution in [3.8, 4) is 11.4 Å². The molecule has 0 unspecified atom stereocenters. The maximum absolute atomic E-state index is 14.3. The van der Waals surface area contributed by atoms with E-state index in [0.717, 1.165) is 20.2 Å². The fourth-order valence-electron chi connectivity index (χ4n) is 2.06. The highest BCUT2D eigenvalue weighted by atomic mass is 127. The molecule has 0 aliphatic rings. The zero-order valence-corrected chi connectivity index (χ0v) is 15.0. The second kappa shape index (κ2) is 6.39. The normalized spacial score (nSPS) is 11.7. The van der Waals surface area contributed by atoms with E-state index in [1.54, 1.807) is 22.6 Å². The third-order valence-electron chi connectivity index (χ3n) is 3.14. The molecule has 0 N–H and O–H groups in total. The Labute approximate surface area is 150 Å². The number of nitrogens with zero attached hydrogens (tertiary/aromatic N) is 2. The third kappa shape index (κ3) is 3.04. The summed E-state index contributed by atoms with van der Waals surface area (Å²) in [6.07, 6.45) is -4.91. The van der Waals surface area contributed by atoms with E-state index in [-0.39, 0.29) is 29.5 Å². The number of hydrogen-bond donors (Lipinski definition) is 0. The Morgan fingerprint density at radius 2 is 1.83 bits per heavy atom. The van der Waals surface area contributed by atoms with Crippen LogP contribution in [0.3, 0.4) is 0 Å². The lowest BCUT2D eigenvalue weighted by atomic mass is 10.2. The lowest BCUT2D eigenvalue weighted by molar-refractivity contribution is -0.144. The smallest absolute Gasteiger partial charge is 0.431 e. The zero-order chi connectivity index (χ0) is 18.4. The van der Waals surface area contributed by atoms with Gasteiger partial charge in [0.05, 0.1) is 15.7 Å². The van der Waals surface area contributed by atoms with Crippen LogP contribution in [0.2, 0.25) is 5.02 Å². The van der Waals surface area contributed by atoms with Crippen LogP contribution in [-0.2, 0) is 13.2 Å². The van der Waals surface area contributed by atoms with Crippen molar-refractivity contribution < 1.29 is 22.3 Å². The lowest BCUT2D eigenvalue weighted by Gasteiger charge is -2.17. The van der Waals surface area contributed by atoms with Gasteiger partial charge in [-0.25, -0.2) is 13.8 Å². The summed E-state index contributed by atoms with van der Waals surface area (Å²) in [7, 11) is 1.97. The Hall–Kier alpha value is -1.56. The molecular weight excluding hydrogens is 471 g/mol. The number of methoxy groups -OCH3 is 1. The van der Waals surface area contributed by atoms with Crippen LogP contribution in [0.25, 0.3) is 5.69 Å². The van der Waals surface area contributed by atoms with Gasteiger partial charge in [0.25, 0.3) is 5.56 Å². The Morgan fingerprint density at radius 1 is 1.25 bits per heavy atom. The van der Waals surface area contributed by atoms with Crippen molar-refractivity contribution in [3.05, 3.63) is 53.1 Å². The fourth-order valence-corrected chi connectivity index (χ4v) is 2.87. The number of alkyl halides is 3. The van der Waals surface area contributed by atoms with Crippen molar-refractivity contribution in [2.45, 2.75) is 6.18 Å². The Kier molecular flexibility index (Phi) is 5.00. The first-order chi connectivity index (χ1) is 11.0. The molecule has 2 rings (SSSR count). The number of ether oxygens (including phenoxy) is 1. The molecule has 0 aliphatic carbocycles. The molecule has 1 aromatic heterocycles. The van der Waals surface area contributed by atoms with E-state index in [9.17, 15) is 27.2 Å². The molecule has 0 bridgehead atoms. The number of rotatable bonds is 2. The molecule has 1 aromatic carbocycles. The number of halogens is 6. The molecule has 0 fully saturated rings. The summed E-state index contributed by atoms with van der Waals surface area (Å²) in [6.45, 7) is 0. The number of hydrogen-bond acceptors (Lipinski definition) is 3. The van der Waals surface area contributed by atoms with E-state index in [2.05, 4.69) is 0 Å². The molecule has 130 valence electrons. The average molecular weight is 479 g/mol. The van der Waals surface area contributed by atoms with Gasteiger partial charge in [0.15, 0.2) is 11.6 Å². The van der Waals surface area contributed by atoms with Crippen molar-refractivity contribution in [3.63, 3.8) is 0 Å². The van der Waals surface area contributed by atoms with Crippen molar-refractivity contribution in [1.29, 1.82) is 0 Å². The predicted molar refractivity (Wildman–Crippen MR) is 86.5 cm³/mol. The molecule has 1 heterocycles. The van der Waals surface area contributed by atoms with Crippen molar-refractivity contribution in [2.75, 3.05) is 7.11 Å². The third-order valence-corrected chi connectivity index (χ3v) is 4.83. The molecule has 0 aliphatic heterocycles. The van der Waals surface area contributed by atoms with Gasteiger partial charge in [-0.05, 0) is 28.7 Å². The molecule has 0 amide bonds. The first-order valence-electron chi connectivity index (χ1n) is 6.12. The van der Waals surface area contributed by atoms with Gasteiger partial charge < -0.3 is 4.74 Å². The summed E-state index contributed by atoms with van der Waals surface area (Å²) >= 11 is 7.50. The Balaban J connectivity index is 2.96. The predicted octanol–water partition coefficient (Wildman–Crippen LogP) is 2.96. The summed E-state index contributed by atoms with van der Waals surface area (Å²) < 4.78 is 58.5. The molecular formula is C13H8ClF4IN2O3. The molecule has 0 spiro atoms. The van der Waals surface area contributed by atoms with Gasteiger partial charge in [-0.15, -0.1) is 0 Å². The summed E-state index contributed by atoms with van der Waals surface area (Å²) in [5.74, 6) is -1.32. The van der Waals surface area contributed by atoms with E-state index >= 15 is 0 Å². The van der Waals surface area contributed by atoms with Gasteiger partial charge in [0.2, 0.25) is 0 Å². The topological polar surface area (TPSA) is 53.2 Å². The number of benzene rings is 1. The SMILES string of the molecule is COc1c(I)c(Cl)cc(F)c1-n1c(=O)cc(C(F)(F)F)n(C)c1=O. The van der Waals surface area contributed by atoms with E-state index in [1.807, 2.05) is 0 Å². The Morgan fingerprint density at radius 3 is 2.33 bits per heavy atom. The van der Waals surface area contributed by atoms with Gasteiger partial charge in [-0.3, -0.25) is 9.36 Å². The van der Waals surface area contributed by atoms with Crippen LogP contribution in [0, 0.1) is 9.39 Å². The fraction of sp³-hybridized carbons (Fsp3) is 0.231. The van der Waals surface area contributed by atoms with Crippen LogP contribution >= 0.6 is 34.2 Å². The first kappa shape index (κ1) is 18.8. The van der Waals surface area contributed by atoms with Crippen molar-refractivity contribution >= 4 is 34.2 Å². The molecule has 0 saturated carbocycles. The second-order valence-electron chi connectivity index (χ2n) is 4.58. The Bertz CT molecular complexity index is 937. The minimum atomic E-state index is -4.91. The molecule has 24 heavy (non-hydrogen) atoms. The number of aromatic nitrogens is 2. The van der Waals surface area contributed by atoms with Crippen molar-refractivity contribution in [1.82, 2.24) is 9.13 Å². The largest absolute Gasteiger partial charge is 0.493 e. The van der Waals surface area contributed by atoms with Gasteiger partial charge in [0, 0.05) is 13.1 Å². The van der Waals surface area contributed by atoms with Crippen LogP contribution in [0.4, 0.5) is 17.6 Å². The van der Waals surface area contributed by atoms with Crippen LogP contribution in [0.5, 0.6) is 5.75 Å². The molecule has 0 radical (unpaired) electrons. The summed E-state index contributed by atoms with van der Waals surface area (Å²) in [6, 6.07) is 1.05. The minimum absolute atomic E-state index is 0.0366. The lowest BCUT2D eigenvalue weighted by Crippen LogP contribution is -2.41. The highest BCUT2D eigenvalue weighted by molar-refractivity contribution is 14.1. The molecule has 0 atom stereocenters. The van der Waals surface area contributed by atoms with Crippen LogP contribution in [0.15, 0.2) is 21.7 Å². The second-order valence-corrected chi connectivity index (χ2v) is 6.06.